The molecule has 0 heterocycles. The van der Waals surface area contributed by atoms with Crippen LogP contribution in [0.1, 0.15) is 5.56 Å². The standard InChI is InChI=1S/C15H13BrF3NO2S/c16-12-7-4-8-13(15(12)19)23(21,22)20(10-14(17)18)9-11-5-2-1-3-6-11/h1-8,14H,9-10H2. The molecule has 0 aromatic heterocycles. The van der Waals surface area contributed by atoms with E-state index in [-0.39, 0.29) is 11.0 Å². The van der Waals surface area contributed by atoms with Crippen molar-refractivity contribution in [2.75, 3.05) is 6.54 Å². The van der Waals surface area contributed by atoms with Crippen molar-refractivity contribution < 1.29 is 21.6 Å². The minimum atomic E-state index is -4.40. The molecule has 0 spiro atoms. The Morgan fingerprint density at radius 2 is 1.70 bits per heavy atom. The van der Waals surface area contributed by atoms with Gasteiger partial charge in [0.1, 0.15) is 4.90 Å². The van der Waals surface area contributed by atoms with Gasteiger partial charge in [0.2, 0.25) is 10.0 Å². The Bertz CT molecular complexity index is 770. The average Bonchev–Trinajstić information content (AvgIpc) is 2.50. The van der Waals surface area contributed by atoms with Crippen LogP contribution in [0.3, 0.4) is 0 Å². The van der Waals surface area contributed by atoms with Crippen molar-refractivity contribution in [2.24, 2.45) is 0 Å². The number of nitrogens with zero attached hydrogens (tertiary/aromatic N) is 1. The summed E-state index contributed by atoms with van der Waals surface area (Å²) in [5, 5.41) is 0. The molecule has 0 aliphatic carbocycles. The van der Waals surface area contributed by atoms with Crippen LogP contribution >= 0.6 is 15.9 Å². The van der Waals surface area contributed by atoms with E-state index in [2.05, 4.69) is 15.9 Å². The number of sulfonamides is 1. The normalized spacial score (nSPS) is 12.1. The largest absolute Gasteiger partial charge is 0.252 e. The van der Waals surface area contributed by atoms with Crippen molar-refractivity contribution >= 4 is 26.0 Å². The lowest BCUT2D eigenvalue weighted by Crippen LogP contribution is -2.35. The van der Waals surface area contributed by atoms with E-state index in [1.54, 1.807) is 30.3 Å². The number of hydrogen-bond acceptors (Lipinski definition) is 2. The molecule has 124 valence electrons. The average molecular weight is 408 g/mol. The van der Waals surface area contributed by atoms with Gasteiger partial charge >= 0.3 is 0 Å². The molecule has 0 N–H and O–H groups in total. The van der Waals surface area contributed by atoms with Crippen molar-refractivity contribution in [2.45, 2.75) is 17.9 Å². The van der Waals surface area contributed by atoms with Crippen LogP contribution < -0.4 is 0 Å². The van der Waals surface area contributed by atoms with Gasteiger partial charge in [-0.1, -0.05) is 36.4 Å². The first kappa shape index (κ1) is 18.0. The van der Waals surface area contributed by atoms with Gasteiger partial charge in [0.25, 0.3) is 6.43 Å². The van der Waals surface area contributed by atoms with Crippen molar-refractivity contribution in [1.29, 1.82) is 0 Å². The second-order valence-electron chi connectivity index (χ2n) is 4.73. The van der Waals surface area contributed by atoms with E-state index in [4.69, 9.17) is 0 Å². The highest BCUT2D eigenvalue weighted by Gasteiger charge is 2.30. The highest BCUT2D eigenvalue weighted by molar-refractivity contribution is 9.10. The molecule has 0 saturated heterocycles. The summed E-state index contributed by atoms with van der Waals surface area (Å²) in [5.74, 6) is -1.00. The maximum atomic E-state index is 14.1. The predicted molar refractivity (Wildman–Crippen MR) is 84.1 cm³/mol. The quantitative estimate of drug-likeness (QED) is 0.724. The van der Waals surface area contributed by atoms with Gasteiger partial charge < -0.3 is 0 Å². The van der Waals surface area contributed by atoms with Gasteiger partial charge in [-0.15, -0.1) is 0 Å². The van der Waals surface area contributed by atoms with Crippen LogP contribution in [-0.4, -0.2) is 25.7 Å². The second kappa shape index (κ2) is 7.46. The van der Waals surface area contributed by atoms with E-state index in [0.29, 0.717) is 9.87 Å². The zero-order chi connectivity index (χ0) is 17.0. The fourth-order valence-corrected chi connectivity index (χ4v) is 4.00. The SMILES string of the molecule is O=S(=O)(c1cccc(Br)c1F)N(Cc1ccccc1)CC(F)F. The minimum absolute atomic E-state index is 0.0460. The molecule has 0 radical (unpaired) electrons. The number of alkyl halides is 2. The first-order valence-electron chi connectivity index (χ1n) is 6.58. The molecule has 0 amide bonds. The Labute approximate surface area is 140 Å². The van der Waals surface area contributed by atoms with Gasteiger partial charge in [0, 0.05) is 6.54 Å². The zero-order valence-corrected chi connectivity index (χ0v) is 14.2. The summed E-state index contributed by atoms with van der Waals surface area (Å²) in [6.07, 6.45) is -2.87. The zero-order valence-electron chi connectivity index (χ0n) is 11.8. The van der Waals surface area contributed by atoms with Crippen LogP contribution in [0.25, 0.3) is 0 Å². The van der Waals surface area contributed by atoms with Gasteiger partial charge in [-0.05, 0) is 33.6 Å². The van der Waals surface area contributed by atoms with Crippen LogP contribution in [0.15, 0.2) is 57.9 Å². The Morgan fingerprint density at radius 1 is 1.04 bits per heavy atom. The third-order valence-electron chi connectivity index (χ3n) is 3.08. The smallest absolute Gasteiger partial charge is 0.209 e. The summed E-state index contributed by atoms with van der Waals surface area (Å²) in [5.41, 5.74) is 0.534. The van der Waals surface area contributed by atoms with Crippen molar-refractivity contribution in [3.8, 4) is 0 Å². The monoisotopic (exact) mass is 407 g/mol. The molecule has 0 aliphatic heterocycles. The molecule has 23 heavy (non-hydrogen) atoms. The molecule has 2 rings (SSSR count). The third-order valence-corrected chi connectivity index (χ3v) is 5.52. The molecule has 0 atom stereocenters. The minimum Gasteiger partial charge on any atom is -0.209 e. The first-order valence-corrected chi connectivity index (χ1v) is 8.82. The lowest BCUT2D eigenvalue weighted by atomic mass is 10.2. The van der Waals surface area contributed by atoms with E-state index in [1.807, 2.05) is 0 Å². The first-order chi connectivity index (χ1) is 10.8. The Hall–Kier alpha value is -1.38. The third kappa shape index (κ3) is 4.33. The Kier molecular flexibility index (Phi) is 5.83. The lowest BCUT2D eigenvalue weighted by molar-refractivity contribution is 0.118. The maximum Gasteiger partial charge on any atom is 0.252 e. The van der Waals surface area contributed by atoms with Gasteiger partial charge in [-0.3, -0.25) is 0 Å². The van der Waals surface area contributed by atoms with Crippen LogP contribution in [0.2, 0.25) is 0 Å². The van der Waals surface area contributed by atoms with Crippen LogP contribution in [-0.2, 0) is 16.6 Å². The van der Waals surface area contributed by atoms with Crippen molar-refractivity contribution in [1.82, 2.24) is 4.31 Å². The van der Waals surface area contributed by atoms with Gasteiger partial charge in [0.15, 0.2) is 5.82 Å². The molecule has 2 aromatic carbocycles. The Balaban J connectivity index is 2.43. The van der Waals surface area contributed by atoms with Crippen molar-refractivity contribution in [3.05, 3.63) is 64.4 Å². The second-order valence-corrected chi connectivity index (χ2v) is 7.49. The van der Waals surface area contributed by atoms with Crippen LogP contribution in [0.5, 0.6) is 0 Å². The molecule has 0 unspecified atom stereocenters. The lowest BCUT2D eigenvalue weighted by Gasteiger charge is -2.22. The molecule has 0 saturated carbocycles. The fraction of sp³-hybridized carbons (Fsp3) is 0.200. The molecule has 0 aliphatic rings. The van der Waals surface area contributed by atoms with E-state index in [1.165, 1.54) is 12.1 Å². The highest BCUT2D eigenvalue weighted by Crippen LogP contribution is 2.26. The van der Waals surface area contributed by atoms with Gasteiger partial charge in [0.05, 0.1) is 11.0 Å². The topological polar surface area (TPSA) is 37.4 Å². The Morgan fingerprint density at radius 3 is 2.30 bits per heavy atom. The van der Waals surface area contributed by atoms with Gasteiger partial charge in [-0.25, -0.2) is 21.6 Å². The summed E-state index contributed by atoms with van der Waals surface area (Å²) < 4.78 is 65.4. The van der Waals surface area contributed by atoms with E-state index in [9.17, 15) is 21.6 Å². The number of rotatable bonds is 6. The number of hydrogen-bond donors (Lipinski definition) is 0. The van der Waals surface area contributed by atoms with Crippen molar-refractivity contribution in [3.63, 3.8) is 0 Å². The molecule has 0 bridgehead atoms. The summed E-state index contributed by atoms with van der Waals surface area (Å²) in [6, 6.07) is 12.0. The number of benzene rings is 2. The van der Waals surface area contributed by atoms with E-state index in [0.717, 1.165) is 6.07 Å². The molecule has 8 heteroatoms. The fourth-order valence-electron chi connectivity index (χ4n) is 2.01. The van der Waals surface area contributed by atoms with Crippen LogP contribution in [0.4, 0.5) is 13.2 Å². The highest BCUT2D eigenvalue weighted by atomic mass is 79.9. The summed E-state index contributed by atoms with van der Waals surface area (Å²) in [4.78, 5) is -0.636. The van der Waals surface area contributed by atoms with E-state index < -0.39 is 33.7 Å². The molecular weight excluding hydrogens is 395 g/mol. The molecule has 3 nitrogen and oxygen atoms in total. The van der Waals surface area contributed by atoms with Crippen LogP contribution in [0, 0.1) is 5.82 Å². The summed E-state index contributed by atoms with van der Waals surface area (Å²) in [6.45, 7) is -1.28. The summed E-state index contributed by atoms with van der Waals surface area (Å²) in [7, 11) is -4.40. The molecular formula is C15H13BrF3NO2S. The summed E-state index contributed by atoms with van der Waals surface area (Å²) >= 11 is 2.90. The number of halogens is 4. The molecule has 0 fully saturated rings. The molecule has 2 aromatic rings. The maximum absolute atomic E-state index is 14.1. The van der Waals surface area contributed by atoms with E-state index >= 15 is 0 Å². The predicted octanol–water partition coefficient (Wildman–Crippen LogP) is 4.04. The van der Waals surface area contributed by atoms with Gasteiger partial charge in [-0.2, -0.15) is 4.31 Å².